The molecule has 10 heavy (non-hydrogen) atoms. The zero-order valence-corrected chi connectivity index (χ0v) is 7.35. The van der Waals surface area contributed by atoms with E-state index in [0.717, 1.165) is 0 Å². The van der Waals surface area contributed by atoms with Crippen LogP contribution in [0.4, 0.5) is 0 Å². The lowest BCUT2D eigenvalue weighted by atomic mass is 9.96. The first-order valence-corrected chi connectivity index (χ1v) is 3.01. The van der Waals surface area contributed by atoms with E-state index in [2.05, 4.69) is 0 Å². The van der Waals surface area contributed by atoms with Crippen molar-refractivity contribution < 1.29 is 10.2 Å². The van der Waals surface area contributed by atoms with Gasteiger partial charge in [-0.15, -0.1) is 12.4 Å². The Balaban J connectivity index is 0. The quantitative estimate of drug-likeness (QED) is 0.541. The molecule has 3 nitrogen and oxygen atoms in total. The summed E-state index contributed by atoms with van der Waals surface area (Å²) in [4.78, 5) is 0. The van der Waals surface area contributed by atoms with Gasteiger partial charge in [-0.05, 0) is 20.8 Å². The molecule has 0 heterocycles. The third-order valence-electron chi connectivity index (χ3n) is 1.34. The largest absolute Gasteiger partial charge is 0.392 e. The topological polar surface area (TPSA) is 66.5 Å². The Labute approximate surface area is 67.6 Å². The highest BCUT2D eigenvalue weighted by Gasteiger charge is 2.26. The first-order valence-electron chi connectivity index (χ1n) is 3.01. The van der Waals surface area contributed by atoms with Crippen molar-refractivity contribution >= 4 is 12.4 Å². The van der Waals surface area contributed by atoms with Gasteiger partial charge in [0.15, 0.2) is 0 Å². The summed E-state index contributed by atoms with van der Waals surface area (Å²) in [5, 5.41) is 18.0. The lowest BCUT2D eigenvalue weighted by Gasteiger charge is -2.27. The van der Waals surface area contributed by atoms with Crippen LogP contribution in [0, 0.1) is 0 Å². The summed E-state index contributed by atoms with van der Waals surface area (Å²) >= 11 is 0. The predicted octanol–water partition coefficient (Wildman–Crippen LogP) is -0.113. The van der Waals surface area contributed by atoms with Crippen LogP contribution >= 0.6 is 12.4 Å². The fourth-order valence-electron chi connectivity index (χ4n) is 0.590. The minimum absolute atomic E-state index is 0. The van der Waals surface area contributed by atoms with E-state index in [0.29, 0.717) is 0 Å². The van der Waals surface area contributed by atoms with Crippen LogP contribution in [0.25, 0.3) is 0 Å². The van der Waals surface area contributed by atoms with E-state index in [1.807, 2.05) is 0 Å². The van der Waals surface area contributed by atoms with Crippen LogP contribution in [0.15, 0.2) is 0 Å². The summed E-state index contributed by atoms with van der Waals surface area (Å²) in [6.07, 6.45) is -0.662. The molecule has 4 N–H and O–H groups in total. The lowest BCUT2D eigenvalue weighted by molar-refractivity contribution is 0.00172. The SMILES string of the molecule is CC(O)C(N)C(C)(C)O.Cl. The number of hydrogen-bond acceptors (Lipinski definition) is 3. The first kappa shape index (κ1) is 12.8. The number of rotatable bonds is 2. The number of aliphatic hydroxyl groups is 2. The maximum absolute atomic E-state index is 9.17. The number of hydrogen-bond donors (Lipinski definition) is 3. The molecular weight excluding hydrogens is 154 g/mol. The van der Waals surface area contributed by atoms with Crippen LogP contribution in [0.3, 0.4) is 0 Å². The van der Waals surface area contributed by atoms with Gasteiger partial charge in [0, 0.05) is 0 Å². The normalized spacial score (nSPS) is 17.4. The molecule has 0 aliphatic rings. The van der Waals surface area contributed by atoms with Gasteiger partial charge in [-0.25, -0.2) is 0 Å². The molecule has 4 heteroatoms. The number of aliphatic hydroxyl groups excluding tert-OH is 1. The zero-order valence-electron chi connectivity index (χ0n) is 6.53. The van der Waals surface area contributed by atoms with Gasteiger partial charge < -0.3 is 15.9 Å². The third kappa shape index (κ3) is 4.06. The summed E-state index contributed by atoms with van der Waals surface area (Å²) < 4.78 is 0. The van der Waals surface area contributed by atoms with Crippen molar-refractivity contribution in [2.24, 2.45) is 5.73 Å². The van der Waals surface area contributed by atoms with Crippen LogP contribution in [-0.4, -0.2) is 28.0 Å². The van der Waals surface area contributed by atoms with Gasteiger partial charge in [0.2, 0.25) is 0 Å². The molecule has 0 aliphatic heterocycles. The van der Waals surface area contributed by atoms with E-state index >= 15 is 0 Å². The highest BCUT2D eigenvalue weighted by molar-refractivity contribution is 5.85. The minimum atomic E-state index is -0.992. The zero-order chi connectivity index (χ0) is 7.65. The standard InChI is InChI=1S/C6H15NO2.ClH/c1-4(8)5(7)6(2,3)9;/h4-5,8-9H,7H2,1-3H3;1H. The summed E-state index contributed by atoms with van der Waals surface area (Å²) in [5.74, 6) is 0. The number of halogens is 1. The lowest BCUT2D eigenvalue weighted by Crippen LogP contribution is -2.49. The van der Waals surface area contributed by atoms with Crippen LogP contribution in [-0.2, 0) is 0 Å². The molecular formula is C6H16ClNO2. The highest BCUT2D eigenvalue weighted by Crippen LogP contribution is 2.08. The van der Waals surface area contributed by atoms with Crippen molar-refractivity contribution in [2.45, 2.75) is 38.5 Å². The van der Waals surface area contributed by atoms with E-state index in [1.165, 1.54) is 0 Å². The van der Waals surface area contributed by atoms with Gasteiger partial charge in [-0.2, -0.15) is 0 Å². The molecule has 0 aromatic heterocycles. The minimum Gasteiger partial charge on any atom is -0.392 e. The van der Waals surface area contributed by atoms with Crippen LogP contribution in [0.5, 0.6) is 0 Å². The average molecular weight is 170 g/mol. The van der Waals surface area contributed by atoms with E-state index in [9.17, 15) is 5.11 Å². The highest BCUT2D eigenvalue weighted by atomic mass is 35.5. The van der Waals surface area contributed by atoms with Crippen molar-refractivity contribution in [2.75, 3.05) is 0 Å². The van der Waals surface area contributed by atoms with Crippen LogP contribution in [0.2, 0.25) is 0 Å². The first-order chi connectivity index (χ1) is 3.85. The van der Waals surface area contributed by atoms with Gasteiger partial charge in [0.1, 0.15) is 0 Å². The summed E-state index contributed by atoms with van der Waals surface area (Å²) in [6, 6.07) is -0.572. The Morgan fingerprint density at radius 1 is 1.40 bits per heavy atom. The maximum atomic E-state index is 9.17. The number of nitrogens with two attached hydrogens (primary N) is 1. The molecule has 0 radical (unpaired) electrons. The molecule has 64 valence electrons. The fraction of sp³-hybridized carbons (Fsp3) is 1.00. The van der Waals surface area contributed by atoms with Crippen LogP contribution in [0.1, 0.15) is 20.8 Å². The Bertz CT molecular complexity index is 90.2. The molecule has 0 bridgehead atoms. The Hall–Kier alpha value is 0.170. The smallest absolute Gasteiger partial charge is 0.0767 e. The Morgan fingerprint density at radius 3 is 1.70 bits per heavy atom. The Kier molecular flexibility index (Phi) is 5.29. The van der Waals surface area contributed by atoms with Crippen molar-refractivity contribution in [3.8, 4) is 0 Å². The molecule has 0 aromatic carbocycles. The average Bonchev–Trinajstić information content (AvgIpc) is 1.62. The molecule has 0 fully saturated rings. The fourth-order valence-corrected chi connectivity index (χ4v) is 0.590. The monoisotopic (exact) mass is 169 g/mol. The summed E-state index contributed by atoms with van der Waals surface area (Å²) in [7, 11) is 0. The molecule has 0 spiro atoms. The van der Waals surface area contributed by atoms with Crippen molar-refractivity contribution in [1.29, 1.82) is 0 Å². The molecule has 0 saturated heterocycles. The molecule has 0 saturated carbocycles. The third-order valence-corrected chi connectivity index (χ3v) is 1.34. The van der Waals surface area contributed by atoms with E-state index in [1.54, 1.807) is 20.8 Å². The van der Waals surface area contributed by atoms with Gasteiger partial charge in [0.05, 0.1) is 17.7 Å². The molecule has 2 atom stereocenters. The van der Waals surface area contributed by atoms with E-state index < -0.39 is 17.7 Å². The summed E-state index contributed by atoms with van der Waals surface area (Å²) in [5.41, 5.74) is 4.40. The van der Waals surface area contributed by atoms with Gasteiger partial charge in [-0.1, -0.05) is 0 Å². The van der Waals surface area contributed by atoms with Crippen LogP contribution < -0.4 is 5.73 Å². The second-order valence-electron chi connectivity index (χ2n) is 2.92. The van der Waals surface area contributed by atoms with Gasteiger partial charge in [-0.3, -0.25) is 0 Å². The molecule has 0 aliphatic carbocycles. The molecule has 2 unspecified atom stereocenters. The van der Waals surface area contributed by atoms with E-state index in [-0.39, 0.29) is 12.4 Å². The van der Waals surface area contributed by atoms with Gasteiger partial charge >= 0.3 is 0 Å². The maximum Gasteiger partial charge on any atom is 0.0767 e. The summed E-state index contributed by atoms with van der Waals surface area (Å²) in [6.45, 7) is 4.71. The predicted molar refractivity (Wildman–Crippen MR) is 43.2 cm³/mol. The second kappa shape index (κ2) is 4.13. The Morgan fingerprint density at radius 2 is 1.70 bits per heavy atom. The van der Waals surface area contributed by atoms with Gasteiger partial charge in [0.25, 0.3) is 0 Å². The molecule has 0 rings (SSSR count). The molecule has 0 aromatic rings. The second-order valence-corrected chi connectivity index (χ2v) is 2.92. The van der Waals surface area contributed by atoms with Crippen molar-refractivity contribution in [3.05, 3.63) is 0 Å². The van der Waals surface area contributed by atoms with Crippen molar-refractivity contribution in [1.82, 2.24) is 0 Å². The van der Waals surface area contributed by atoms with E-state index in [4.69, 9.17) is 10.8 Å². The molecule has 0 amide bonds. The van der Waals surface area contributed by atoms with Crippen molar-refractivity contribution in [3.63, 3.8) is 0 Å².